The molecule has 4 heteroatoms. The monoisotopic (exact) mass is 263 g/mol. The molecule has 1 N–H and O–H groups in total. The van der Waals surface area contributed by atoms with E-state index in [1.807, 2.05) is 12.1 Å². The summed E-state index contributed by atoms with van der Waals surface area (Å²) in [6.07, 6.45) is 0.943. The van der Waals surface area contributed by atoms with Gasteiger partial charge in [0, 0.05) is 27.2 Å². The van der Waals surface area contributed by atoms with Crippen LogP contribution in [0.3, 0.4) is 0 Å². The fraction of sp³-hybridized carbons (Fsp3) is 0.600. The smallest absolute Gasteiger partial charge is 0.179 e. The van der Waals surface area contributed by atoms with Crippen LogP contribution in [-0.2, 0) is 14.9 Å². The molecule has 1 aromatic rings. The molecule has 3 rings (SSSR count). The van der Waals surface area contributed by atoms with Crippen molar-refractivity contribution in [1.82, 2.24) is 5.32 Å². The van der Waals surface area contributed by atoms with Gasteiger partial charge in [-0.3, -0.25) is 0 Å². The maximum Gasteiger partial charge on any atom is 0.179 e. The van der Waals surface area contributed by atoms with E-state index in [4.69, 9.17) is 14.2 Å². The van der Waals surface area contributed by atoms with E-state index in [9.17, 15) is 0 Å². The standard InChI is InChI=1S/C15H21NO3/c1-17-13-6-4-11(5-7-13)14-10-16-9-12(14)8-15(14,18-2)19-3/h4-7,12,16H,8-10H2,1-3H3. The average molecular weight is 263 g/mol. The van der Waals surface area contributed by atoms with Gasteiger partial charge in [0.25, 0.3) is 0 Å². The van der Waals surface area contributed by atoms with E-state index in [1.54, 1.807) is 21.3 Å². The van der Waals surface area contributed by atoms with Gasteiger partial charge in [0.1, 0.15) is 5.75 Å². The van der Waals surface area contributed by atoms with Gasteiger partial charge in [0.2, 0.25) is 0 Å². The Morgan fingerprint density at radius 1 is 1.11 bits per heavy atom. The first-order valence-corrected chi connectivity index (χ1v) is 6.68. The number of nitrogens with one attached hydrogen (secondary N) is 1. The molecule has 2 fully saturated rings. The summed E-state index contributed by atoms with van der Waals surface area (Å²) in [5, 5.41) is 3.48. The predicted molar refractivity (Wildman–Crippen MR) is 72.4 cm³/mol. The van der Waals surface area contributed by atoms with Crippen LogP contribution in [-0.4, -0.2) is 40.2 Å². The van der Waals surface area contributed by atoms with Gasteiger partial charge in [-0.25, -0.2) is 0 Å². The topological polar surface area (TPSA) is 39.7 Å². The highest BCUT2D eigenvalue weighted by atomic mass is 16.7. The van der Waals surface area contributed by atoms with Crippen LogP contribution in [0.1, 0.15) is 12.0 Å². The minimum Gasteiger partial charge on any atom is -0.497 e. The van der Waals surface area contributed by atoms with Crippen LogP contribution in [0.2, 0.25) is 0 Å². The fourth-order valence-corrected chi connectivity index (χ4v) is 3.89. The quantitative estimate of drug-likeness (QED) is 0.837. The zero-order valence-electron chi connectivity index (χ0n) is 11.7. The van der Waals surface area contributed by atoms with Crippen LogP contribution in [0.5, 0.6) is 5.75 Å². The van der Waals surface area contributed by atoms with E-state index < -0.39 is 5.79 Å². The lowest BCUT2D eigenvalue weighted by Crippen LogP contribution is -2.68. The first kappa shape index (κ1) is 12.9. The summed E-state index contributed by atoms with van der Waals surface area (Å²) in [5.41, 5.74) is 1.18. The predicted octanol–water partition coefficient (Wildman–Crippen LogP) is 1.55. The lowest BCUT2D eigenvalue weighted by Gasteiger charge is -2.59. The highest BCUT2D eigenvalue weighted by Crippen LogP contribution is 2.59. The second kappa shape index (κ2) is 4.47. The number of ether oxygens (including phenoxy) is 3. The average Bonchev–Trinajstić information content (AvgIpc) is 2.80. The van der Waals surface area contributed by atoms with E-state index in [1.165, 1.54) is 5.56 Å². The molecule has 1 aromatic carbocycles. The molecule has 4 nitrogen and oxygen atoms in total. The molecule has 1 aliphatic heterocycles. The Hall–Kier alpha value is -1.10. The molecule has 1 saturated heterocycles. The molecular formula is C15H21NO3. The van der Waals surface area contributed by atoms with E-state index in [-0.39, 0.29) is 5.41 Å². The molecule has 1 aliphatic carbocycles. The van der Waals surface area contributed by atoms with Crippen molar-refractivity contribution in [3.05, 3.63) is 29.8 Å². The third kappa shape index (κ3) is 1.51. The van der Waals surface area contributed by atoms with Gasteiger partial charge in [-0.1, -0.05) is 12.1 Å². The first-order valence-electron chi connectivity index (χ1n) is 6.68. The second-order valence-electron chi connectivity index (χ2n) is 5.39. The molecule has 0 radical (unpaired) electrons. The number of methoxy groups -OCH3 is 3. The van der Waals surface area contributed by atoms with Crippen LogP contribution in [0.4, 0.5) is 0 Å². The zero-order valence-corrected chi connectivity index (χ0v) is 11.7. The molecule has 0 aromatic heterocycles. The van der Waals surface area contributed by atoms with E-state index in [0.29, 0.717) is 5.92 Å². The van der Waals surface area contributed by atoms with Gasteiger partial charge >= 0.3 is 0 Å². The largest absolute Gasteiger partial charge is 0.497 e. The van der Waals surface area contributed by atoms with Crippen molar-refractivity contribution in [3.8, 4) is 5.75 Å². The lowest BCUT2D eigenvalue weighted by molar-refractivity contribution is -0.314. The van der Waals surface area contributed by atoms with Crippen molar-refractivity contribution in [1.29, 1.82) is 0 Å². The molecule has 0 bridgehead atoms. The highest BCUT2D eigenvalue weighted by molar-refractivity contribution is 5.40. The summed E-state index contributed by atoms with van der Waals surface area (Å²) in [6, 6.07) is 8.28. The highest BCUT2D eigenvalue weighted by Gasteiger charge is 2.69. The molecule has 0 spiro atoms. The first-order chi connectivity index (χ1) is 9.22. The van der Waals surface area contributed by atoms with Crippen molar-refractivity contribution in [3.63, 3.8) is 0 Å². The Balaban J connectivity index is 2.02. The minimum atomic E-state index is -0.504. The number of fused-ring (bicyclic) bond motifs is 1. The normalized spacial score (nSPS) is 31.6. The SMILES string of the molecule is COc1ccc(C23CNCC2CC3(OC)OC)cc1. The van der Waals surface area contributed by atoms with Crippen LogP contribution >= 0.6 is 0 Å². The van der Waals surface area contributed by atoms with Crippen molar-refractivity contribution in [2.45, 2.75) is 17.6 Å². The van der Waals surface area contributed by atoms with Gasteiger partial charge in [-0.05, 0) is 30.2 Å². The summed E-state index contributed by atoms with van der Waals surface area (Å²) in [5.74, 6) is 0.943. The molecule has 1 heterocycles. The molecule has 0 amide bonds. The van der Waals surface area contributed by atoms with Crippen molar-refractivity contribution < 1.29 is 14.2 Å². The molecular weight excluding hydrogens is 242 g/mol. The van der Waals surface area contributed by atoms with Crippen molar-refractivity contribution in [2.75, 3.05) is 34.4 Å². The molecule has 2 atom stereocenters. The number of benzene rings is 1. The maximum atomic E-state index is 5.76. The molecule has 1 saturated carbocycles. The van der Waals surface area contributed by atoms with Crippen molar-refractivity contribution in [2.24, 2.45) is 5.92 Å². The summed E-state index contributed by atoms with van der Waals surface area (Å²) >= 11 is 0. The third-order valence-electron chi connectivity index (χ3n) is 4.95. The molecule has 104 valence electrons. The van der Waals surface area contributed by atoms with E-state index >= 15 is 0 Å². The lowest BCUT2D eigenvalue weighted by atomic mass is 9.53. The van der Waals surface area contributed by atoms with Crippen LogP contribution < -0.4 is 10.1 Å². The summed E-state index contributed by atoms with van der Waals surface area (Å²) in [6.45, 7) is 1.92. The second-order valence-corrected chi connectivity index (χ2v) is 5.39. The third-order valence-corrected chi connectivity index (χ3v) is 4.95. The summed E-state index contributed by atoms with van der Waals surface area (Å²) in [4.78, 5) is 0. The Labute approximate surface area is 114 Å². The Morgan fingerprint density at radius 3 is 2.32 bits per heavy atom. The number of hydrogen-bond acceptors (Lipinski definition) is 4. The van der Waals surface area contributed by atoms with E-state index in [2.05, 4.69) is 17.4 Å². The van der Waals surface area contributed by atoms with Gasteiger partial charge in [0.15, 0.2) is 5.79 Å². The zero-order chi connectivity index (χ0) is 13.5. The molecule has 2 aliphatic rings. The fourth-order valence-electron chi connectivity index (χ4n) is 3.89. The van der Waals surface area contributed by atoms with Crippen LogP contribution in [0.25, 0.3) is 0 Å². The summed E-state index contributed by atoms with van der Waals surface area (Å²) in [7, 11) is 5.16. The molecule has 2 unspecified atom stereocenters. The van der Waals surface area contributed by atoms with Crippen LogP contribution in [0.15, 0.2) is 24.3 Å². The Morgan fingerprint density at radius 2 is 1.79 bits per heavy atom. The number of hydrogen-bond donors (Lipinski definition) is 1. The summed E-state index contributed by atoms with van der Waals surface area (Å²) < 4.78 is 16.8. The van der Waals surface area contributed by atoms with Crippen LogP contribution in [0, 0.1) is 5.92 Å². The van der Waals surface area contributed by atoms with Crippen molar-refractivity contribution >= 4 is 0 Å². The Kier molecular flexibility index (Phi) is 3.04. The van der Waals surface area contributed by atoms with Gasteiger partial charge in [-0.2, -0.15) is 0 Å². The molecule has 19 heavy (non-hydrogen) atoms. The Bertz CT molecular complexity index is 455. The van der Waals surface area contributed by atoms with E-state index in [0.717, 1.165) is 25.3 Å². The van der Waals surface area contributed by atoms with Gasteiger partial charge in [0.05, 0.1) is 12.5 Å². The number of rotatable bonds is 4. The maximum absolute atomic E-state index is 5.76. The van der Waals surface area contributed by atoms with Gasteiger partial charge < -0.3 is 19.5 Å². The van der Waals surface area contributed by atoms with Gasteiger partial charge in [-0.15, -0.1) is 0 Å². The minimum absolute atomic E-state index is 0.0806.